The van der Waals surface area contributed by atoms with Gasteiger partial charge in [0.15, 0.2) is 0 Å². The minimum Gasteiger partial charge on any atom is -0.481 e. The molecule has 4 heteroatoms. The number of carbonyl (C=O) groups is 2. The highest BCUT2D eigenvalue weighted by atomic mass is 16.4. The van der Waals surface area contributed by atoms with Crippen molar-refractivity contribution < 1.29 is 14.7 Å². The number of rotatable bonds is 2. The number of aliphatic carboxylic acids is 1. The van der Waals surface area contributed by atoms with Gasteiger partial charge in [0, 0.05) is 18.9 Å². The minimum absolute atomic E-state index is 0.224. The summed E-state index contributed by atoms with van der Waals surface area (Å²) in [5.74, 6) is 1.98. The second kappa shape index (κ2) is 5.41. The van der Waals surface area contributed by atoms with Crippen LogP contribution in [0.25, 0.3) is 0 Å². The average molecular weight is 233 g/mol. The molecule has 0 bridgehead atoms. The summed E-state index contributed by atoms with van der Waals surface area (Å²) in [6.45, 7) is 0. The van der Waals surface area contributed by atoms with E-state index in [1.165, 1.54) is 7.05 Å². The Labute approximate surface area is 101 Å². The molecule has 17 heavy (non-hydrogen) atoms. The fourth-order valence-electron chi connectivity index (χ4n) is 2.32. The predicted octanol–water partition coefficient (Wildman–Crippen LogP) is 0.342. The van der Waals surface area contributed by atoms with Crippen molar-refractivity contribution in [3.05, 3.63) is 0 Å². The first-order valence-corrected chi connectivity index (χ1v) is 5.41. The maximum atomic E-state index is 11.6. The van der Waals surface area contributed by atoms with Crippen LogP contribution in [-0.4, -0.2) is 24.0 Å². The van der Waals surface area contributed by atoms with E-state index >= 15 is 0 Å². The lowest BCUT2D eigenvalue weighted by atomic mass is 9.68. The van der Waals surface area contributed by atoms with Crippen LogP contribution in [0.5, 0.6) is 0 Å². The summed E-state index contributed by atoms with van der Waals surface area (Å²) in [5, 5.41) is 11.6. The first kappa shape index (κ1) is 13.1. The number of amides is 1. The average Bonchev–Trinajstić information content (AvgIpc) is 2.35. The Bertz CT molecular complexity index is 402. The van der Waals surface area contributed by atoms with Crippen molar-refractivity contribution in [2.75, 3.05) is 7.05 Å². The Balaban J connectivity index is 2.97. The number of nitrogens with one attached hydrogen (secondary N) is 1. The highest BCUT2D eigenvalue weighted by Crippen LogP contribution is 2.37. The molecule has 90 valence electrons. The van der Waals surface area contributed by atoms with Crippen molar-refractivity contribution in [1.82, 2.24) is 5.32 Å². The highest BCUT2D eigenvalue weighted by molar-refractivity contribution is 5.84. The van der Waals surface area contributed by atoms with Crippen LogP contribution in [-0.2, 0) is 9.59 Å². The lowest BCUT2D eigenvalue weighted by molar-refractivity contribution is -0.149. The fourth-order valence-corrected chi connectivity index (χ4v) is 2.32. The van der Waals surface area contributed by atoms with Gasteiger partial charge in [-0.25, -0.2) is 0 Å². The summed E-state index contributed by atoms with van der Waals surface area (Å²) in [6.07, 6.45) is 11.3. The van der Waals surface area contributed by atoms with E-state index in [0.29, 0.717) is 6.42 Å². The van der Waals surface area contributed by atoms with Crippen molar-refractivity contribution in [2.24, 2.45) is 23.7 Å². The fraction of sp³-hybridized carbons (Fsp3) is 0.538. The van der Waals surface area contributed by atoms with E-state index < -0.39 is 17.8 Å². The van der Waals surface area contributed by atoms with Gasteiger partial charge in [-0.1, -0.05) is 0 Å². The Morgan fingerprint density at radius 3 is 2.00 bits per heavy atom. The zero-order valence-corrected chi connectivity index (χ0v) is 9.64. The number of carbonyl (C=O) groups excluding carboxylic acids is 1. The van der Waals surface area contributed by atoms with Crippen molar-refractivity contribution in [2.45, 2.75) is 12.8 Å². The van der Waals surface area contributed by atoms with Crippen LogP contribution in [0.1, 0.15) is 12.8 Å². The lowest BCUT2D eigenvalue weighted by Crippen LogP contribution is -2.43. The van der Waals surface area contributed by atoms with Crippen LogP contribution in [0.15, 0.2) is 0 Å². The molecule has 1 aliphatic rings. The molecule has 4 nitrogen and oxygen atoms in total. The monoisotopic (exact) mass is 233 g/mol. The minimum atomic E-state index is -0.991. The summed E-state index contributed by atoms with van der Waals surface area (Å²) in [6, 6.07) is 0. The number of carboxylic acid groups (broad SMARTS) is 1. The van der Waals surface area contributed by atoms with Gasteiger partial charge in [-0.05, 0) is 12.8 Å². The van der Waals surface area contributed by atoms with E-state index in [4.69, 9.17) is 18.0 Å². The van der Waals surface area contributed by atoms with Crippen LogP contribution in [0, 0.1) is 48.4 Å². The van der Waals surface area contributed by atoms with Gasteiger partial charge in [-0.3, -0.25) is 9.59 Å². The van der Waals surface area contributed by atoms with Crippen molar-refractivity contribution in [3.8, 4) is 24.7 Å². The van der Waals surface area contributed by atoms with E-state index in [9.17, 15) is 9.59 Å². The van der Waals surface area contributed by atoms with E-state index in [2.05, 4.69) is 17.2 Å². The lowest BCUT2D eigenvalue weighted by Gasteiger charge is -2.34. The maximum absolute atomic E-state index is 11.6. The number of terminal acetylenes is 2. The van der Waals surface area contributed by atoms with E-state index in [1.54, 1.807) is 0 Å². The van der Waals surface area contributed by atoms with Gasteiger partial charge in [0.1, 0.15) is 0 Å². The Kier molecular flexibility index (Phi) is 4.17. The summed E-state index contributed by atoms with van der Waals surface area (Å²) in [7, 11) is 1.49. The van der Waals surface area contributed by atoms with Gasteiger partial charge in [-0.15, -0.1) is 24.7 Å². The van der Waals surface area contributed by atoms with Gasteiger partial charge in [0.05, 0.1) is 11.8 Å². The molecule has 1 aliphatic carbocycles. The molecule has 2 N–H and O–H groups in total. The van der Waals surface area contributed by atoms with Gasteiger partial charge in [0.2, 0.25) is 5.91 Å². The standard InChI is InChI=1S/C13H15NO3/c1-4-8-6-10(12(15)14-3)11(13(16)17)7-9(8)5-2/h1-2,8-11H,6-7H2,3H3,(H,14,15)(H,16,17). The predicted molar refractivity (Wildman–Crippen MR) is 62.6 cm³/mol. The number of hydrogen-bond acceptors (Lipinski definition) is 2. The first-order valence-electron chi connectivity index (χ1n) is 5.41. The Morgan fingerprint density at radius 1 is 1.18 bits per heavy atom. The van der Waals surface area contributed by atoms with Crippen LogP contribution >= 0.6 is 0 Å². The molecule has 4 atom stereocenters. The molecule has 0 spiro atoms. The molecular weight excluding hydrogens is 218 g/mol. The maximum Gasteiger partial charge on any atom is 0.307 e. The molecule has 1 saturated carbocycles. The molecule has 1 fully saturated rings. The molecule has 0 radical (unpaired) electrons. The SMILES string of the molecule is C#CC1CC(C(=O)O)C(C(=O)NC)CC1C#C. The van der Waals surface area contributed by atoms with Crippen LogP contribution in [0.4, 0.5) is 0 Å². The Hall–Kier alpha value is -1.94. The second-order valence-corrected chi connectivity index (χ2v) is 4.18. The smallest absolute Gasteiger partial charge is 0.307 e. The quantitative estimate of drug-likeness (QED) is 0.676. The van der Waals surface area contributed by atoms with E-state index in [0.717, 1.165) is 0 Å². The third kappa shape index (κ3) is 2.60. The summed E-state index contributed by atoms with van der Waals surface area (Å²) in [4.78, 5) is 22.8. The normalized spacial score (nSPS) is 31.9. The number of hydrogen-bond donors (Lipinski definition) is 2. The molecule has 0 aromatic carbocycles. The zero-order chi connectivity index (χ0) is 13.0. The summed E-state index contributed by atoms with van der Waals surface area (Å²) < 4.78 is 0. The summed E-state index contributed by atoms with van der Waals surface area (Å²) in [5.41, 5.74) is 0. The van der Waals surface area contributed by atoms with Crippen LogP contribution in [0.2, 0.25) is 0 Å². The van der Waals surface area contributed by atoms with Gasteiger partial charge in [-0.2, -0.15) is 0 Å². The molecule has 0 aromatic rings. The van der Waals surface area contributed by atoms with E-state index in [1.807, 2.05) is 0 Å². The van der Waals surface area contributed by atoms with Crippen LogP contribution < -0.4 is 5.32 Å². The zero-order valence-electron chi connectivity index (χ0n) is 9.64. The topological polar surface area (TPSA) is 66.4 Å². The van der Waals surface area contributed by atoms with Gasteiger partial charge < -0.3 is 10.4 Å². The third-order valence-electron chi connectivity index (χ3n) is 3.32. The van der Waals surface area contributed by atoms with Gasteiger partial charge in [0.25, 0.3) is 0 Å². The molecule has 4 unspecified atom stereocenters. The Morgan fingerprint density at radius 2 is 1.65 bits per heavy atom. The molecule has 0 saturated heterocycles. The second-order valence-electron chi connectivity index (χ2n) is 4.18. The van der Waals surface area contributed by atoms with E-state index in [-0.39, 0.29) is 24.2 Å². The molecule has 1 amide bonds. The van der Waals surface area contributed by atoms with Crippen molar-refractivity contribution in [1.29, 1.82) is 0 Å². The van der Waals surface area contributed by atoms with Crippen molar-refractivity contribution in [3.63, 3.8) is 0 Å². The summed E-state index contributed by atoms with van der Waals surface area (Å²) >= 11 is 0. The number of carboxylic acids is 1. The third-order valence-corrected chi connectivity index (χ3v) is 3.32. The first-order chi connectivity index (χ1) is 8.04. The van der Waals surface area contributed by atoms with Gasteiger partial charge >= 0.3 is 5.97 Å². The molecular formula is C13H15NO3. The molecule has 0 aliphatic heterocycles. The molecule has 0 heterocycles. The molecule has 1 rings (SSSR count). The largest absolute Gasteiger partial charge is 0.481 e. The molecule has 0 aromatic heterocycles. The highest BCUT2D eigenvalue weighted by Gasteiger charge is 2.42. The van der Waals surface area contributed by atoms with Crippen molar-refractivity contribution >= 4 is 11.9 Å². The van der Waals surface area contributed by atoms with Crippen LogP contribution in [0.3, 0.4) is 0 Å².